The Morgan fingerprint density at radius 1 is 1.20 bits per heavy atom. The van der Waals surface area contributed by atoms with Crippen LogP contribution in [-0.4, -0.2) is 37.5 Å². The van der Waals surface area contributed by atoms with E-state index in [1.807, 2.05) is 35.5 Å². The molecular formula is C11H13BrN2O. The molecule has 1 saturated heterocycles. The average molecular weight is 269 g/mol. The van der Waals surface area contributed by atoms with E-state index in [0.717, 1.165) is 36.3 Å². The summed E-state index contributed by atoms with van der Waals surface area (Å²) in [4.78, 5) is 0. The Kier molecular flexibility index (Phi) is 3.75. The molecule has 0 atom stereocenters. The van der Waals surface area contributed by atoms with Crippen molar-refractivity contribution in [3.63, 3.8) is 0 Å². The van der Waals surface area contributed by atoms with Crippen molar-refractivity contribution in [3.8, 4) is 0 Å². The van der Waals surface area contributed by atoms with Gasteiger partial charge >= 0.3 is 0 Å². The third kappa shape index (κ3) is 3.32. The van der Waals surface area contributed by atoms with Crippen molar-refractivity contribution in [2.45, 2.75) is 0 Å². The van der Waals surface area contributed by atoms with E-state index in [2.05, 4.69) is 21.0 Å². The number of halogens is 1. The predicted octanol–water partition coefficient (Wildman–Crippen LogP) is 2.12. The quantitative estimate of drug-likeness (QED) is 0.768. The van der Waals surface area contributed by atoms with Crippen LogP contribution in [0.4, 0.5) is 0 Å². The van der Waals surface area contributed by atoms with Gasteiger partial charge in [-0.2, -0.15) is 5.10 Å². The van der Waals surface area contributed by atoms with E-state index in [9.17, 15) is 0 Å². The molecule has 1 aliphatic heterocycles. The lowest BCUT2D eigenvalue weighted by molar-refractivity contribution is 0.0397. The summed E-state index contributed by atoms with van der Waals surface area (Å²) in [6.07, 6.45) is 1.89. The molecule has 4 heteroatoms. The lowest BCUT2D eigenvalue weighted by atomic mass is 10.2. The van der Waals surface area contributed by atoms with Gasteiger partial charge in [-0.15, -0.1) is 0 Å². The summed E-state index contributed by atoms with van der Waals surface area (Å²) >= 11 is 3.40. The number of morpholine rings is 1. The molecule has 1 aliphatic rings. The van der Waals surface area contributed by atoms with E-state index < -0.39 is 0 Å². The fourth-order valence-electron chi connectivity index (χ4n) is 1.37. The maximum atomic E-state index is 5.25. The number of hydrazone groups is 1. The highest BCUT2D eigenvalue weighted by molar-refractivity contribution is 9.10. The first-order valence-corrected chi connectivity index (χ1v) is 5.76. The third-order valence-corrected chi connectivity index (χ3v) is 2.76. The topological polar surface area (TPSA) is 24.8 Å². The molecule has 0 bridgehead atoms. The van der Waals surface area contributed by atoms with Gasteiger partial charge < -0.3 is 4.74 Å². The Labute approximate surface area is 97.9 Å². The fraction of sp³-hybridized carbons (Fsp3) is 0.364. The minimum Gasteiger partial charge on any atom is -0.378 e. The van der Waals surface area contributed by atoms with Gasteiger partial charge in [0.1, 0.15) is 0 Å². The largest absolute Gasteiger partial charge is 0.378 e. The first-order valence-electron chi connectivity index (χ1n) is 4.97. The molecule has 0 aliphatic carbocycles. The third-order valence-electron chi connectivity index (χ3n) is 2.23. The van der Waals surface area contributed by atoms with Gasteiger partial charge in [0.05, 0.1) is 32.5 Å². The molecule has 0 aromatic heterocycles. The van der Waals surface area contributed by atoms with Crippen molar-refractivity contribution < 1.29 is 4.74 Å². The molecule has 3 nitrogen and oxygen atoms in total. The zero-order chi connectivity index (χ0) is 10.5. The zero-order valence-corrected chi connectivity index (χ0v) is 9.98. The van der Waals surface area contributed by atoms with Gasteiger partial charge in [0.15, 0.2) is 0 Å². The monoisotopic (exact) mass is 268 g/mol. The number of nitrogens with zero attached hydrogens (tertiary/aromatic N) is 2. The van der Waals surface area contributed by atoms with Crippen LogP contribution in [-0.2, 0) is 4.74 Å². The Bertz CT molecular complexity index is 331. The zero-order valence-electron chi connectivity index (χ0n) is 8.40. The van der Waals surface area contributed by atoms with Gasteiger partial charge in [0.2, 0.25) is 0 Å². The second-order valence-corrected chi connectivity index (χ2v) is 4.28. The van der Waals surface area contributed by atoms with Crippen molar-refractivity contribution in [1.29, 1.82) is 0 Å². The summed E-state index contributed by atoms with van der Waals surface area (Å²) in [7, 11) is 0. The molecule has 2 rings (SSSR count). The van der Waals surface area contributed by atoms with Gasteiger partial charge in [-0.05, 0) is 17.7 Å². The highest BCUT2D eigenvalue weighted by Gasteiger charge is 2.05. The number of benzene rings is 1. The molecule has 0 spiro atoms. The fourth-order valence-corrected chi connectivity index (χ4v) is 1.63. The molecule has 1 fully saturated rings. The van der Waals surface area contributed by atoms with Crippen molar-refractivity contribution in [1.82, 2.24) is 5.01 Å². The molecule has 1 heterocycles. The van der Waals surface area contributed by atoms with Gasteiger partial charge in [-0.1, -0.05) is 28.1 Å². The van der Waals surface area contributed by atoms with E-state index in [1.54, 1.807) is 0 Å². The Morgan fingerprint density at radius 2 is 1.87 bits per heavy atom. The van der Waals surface area contributed by atoms with Crippen LogP contribution in [0.5, 0.6) is 0 Å². The SMILES string of the molecule is Brc1ccc(C=NN2CCOCC2)cc1. The summed E-state index contributed by atoms with van der Waals surface area (Å²) < 4.78 is 6.33. The highest BCUT2D eigenvalue weighted by atomic mass is 79.9. The molecule has 1 aromatic rings. The molecule has 80 valence electrons. The van der Waals surface area contributed by atoms with Gasteiger partial charge in [-0.25, -0.2) is 0 Å². The number of hydrogen-bond acceptors (Lipinski definition) is 3. The van der Waals surface area contributed by atoms with Gasteiger partial charge in [0, 0.05) is 4.47 Å². The predicted molar refractivity (Wildman–Crippen MR) is 64.1 cm³/mol. The maximum Gasteiger partial charge on any atom is 0.0659 e. The van der Waals surface area contributed by atoms with Crippen LogP contribution < -0.4 is 0 Å². The van der Waals surface area contributed by atoms with Crippen LogP contribution in [0.2, 0.25) is 0 Å². The summed E-state index contributed by atoms with van der Waals surface area (Å²) in [6.45, 7) is 3.31. The van der Waals surface area contributed by atoms with Crippen LogP contribution in [0.1, 0.15) is 5.56 Å². The minimum atomic E-state index is 0.775. The summed E-state index contributed by atoms with van der Waals surface area (Å²) in [5, 5.41) is 6.43. The Hall–Kier alpha value is -0.870. The Morgan fingerprint density at radius 3 is 2.53 bits per heavy atom. The van der Waals surface area contributed by atoms with Crippen LogP contribution in [0.15, 0.2) is 33.8 Å². The van der Waals surface area contributed by atoms with Crippen molar-refractivity contribution in [2.75, 3.05) is 26.3 Å². The number of rotatable bonds is 2. The Balaban J connectivity index is 1.95. The number of ether oxygens (including phenoxy) is 1. The first kappa shape index (κ1) is 10.6. The second kappa shape index (κ2) is 5.28. The van der Waals surface area contributed by atoms with Crippen molar-refractivity contribution in [3.05, 3.63) is 34.3 Å². The van der Waals surface area contributed by atoms with E-state index in [4.69, 9.17) is 4.74 Å². The summed E-state index contributed by atoms with van der Waals surface area (Å²) in [6, 6.07) is 8.10. The minimum absolute atomic E-state index is 0.775. The van der Waals surface area contributed by atoms with E-state index in [0.29, 0.717) is 0 Å². The molecule has 0 amide bonds. The van der Waals surface area contributed by atoms with Crippen LogP contribution >= 0.6 is 15.9 Å². The smallest absolute Gasteiger partial charge is 0.0659 e. The first-order chi connectivity index (χ1) is 7.34. The molecule has 0 radical (unpaired) electrons. The van der Waals surface area contributed by atoms with E-state index in [1.165, 1.54) is 0 Å². The number of hydrogen-bond donors (Lipinski definition) is 0. The molecule has 0 N–H and O–H groups in total. The van der Waals surface area contributed by atoms with Crippen molar-refractivity contribution in [2.24, 2.45) is 5.10 Å². The van der Waals surface area contributed by atoms with Gasteiger partial charge in [0.25, 0.3) is 0 Å². The van der Waals surface area contributed by atoms with Crippen LogP contribution in [0.25, 0.3) is 0 Å². The van der Waals surface area contributed by atoms with E-state index in [-0.39, 0.29) is 0 Å². The molecule has 0 unspecified atom stereocenters. The lowest BCUT2D eigenvalue weighted by Gasteiger charge is -2.23. The average Bonchev–Trinajstić information content (AvgIpc) is 2.30. The van der Waals surface area contributed by atoms with Gasteiger partial charge in [-0.3, -0.25) is 5.01 Å². The van der Waals surface area contributed by atoms with Crippen LogP contribution in [0, 0.1) is 0 Å². The maximum absolute atomic E-state index is 5.25. The normalized spacial score (nSPS) is 17.3. The second-order valence-electron chi connectivity index (χ2n) is 3.36. The lowest BCUT2D eigenvalue weighted by Crippen LogP contribution is -2.32. The van der Waals surface area contributed by atoms with Crippen LogP contribution in [0.3, 0.4) is 0 Å². The van der Waals surface area contributed by atoms with Crippen molar-refractivity contribution >= 4 is 22.1 Å². The molecule has 15 heavy (non-hydrogen) atoms. The standard InChI is InChI=1S/C11H13BrN2O/c12-11-3-1-10(2-4-11)9-13-14-5-7-15-8-6-14/h1-4,9H,5-8H2. The highest BCUT2D eigenvalue weighted by Crippen LogP contribution is 2.09. The summed E-state index contributed by atoms with van der Waals surface area (Å²) in [5.74, 6) is 0. The molecule has 0 saturated carbocycles. The molecule has 1 aromatic carbocycles. The van der Waals surface area contributed by atoms with E-state index >= 15 is 0 Å². The molecular weight excluding hydrogens is 256 g/mol. The summed E-state index contributed by atoms with van der Waals surface area (Å²) in [5.41, 5.74) is 1.12.